The maximum atomic E-state index is 15.0. The van der Waals surface area contributed by atoms with Crippen molar-refractivity contribution < 1.29 is 35.1 Å². The second-order valence-corrected chi connectivity index (χ2v) is 7.40. The van der Waals surface area contributed by atoms with Crippen LogP contribution in [0.1, 0.15) is 12.0 Å². The van der Waals surface area contributed by atoms with Crippen LogP contribution in [0.5, 0.6) is 0 Å². The Labute approximate surface area is 153 Å². The third-order valence-electron chi connectivity index (χ3n) is 3.78. The van der Waals surface area contributed by atoms with Crippen molar-refractivity contribution in [3.8, 4) is 0 Å². The summed E-state index contributed by atoms with van der Waals surface area (Å²) in [6, 6.07) is 3.47. The normalized spacial score (nSPS) is 18.6. The Hall–Kier alpha value is -0.900. The molecule has 1 aromatic carbocycles. The van der Waals surface area contributed by atoms with E-state index in [1.807, 2.05) is 0 Å². The zero-order chi connectivity index (χ0) is 19.3. The molecule has 0 atom stereocenters. The van der Waals surface area contributed by atoms with Gasteiger partial charge in [0.05, 0.1) is 5.41 Å². The molecule has 0 N–H and O–H groups in total. The Morgan fingerprint density at radius 2 is 1.24 bits per heavy atom. The van der Waals surface area contributed by atoms with Crippen LogP contribution in [0.15, 0.2) is 45.4 Å². The van der Waals surface area contributed by atoms with E-state index in [-0.39, 0.29) is 15.4 Å². The van der Waals surface area contributed by atoms with Crippen LogP contribution in [-0.2, 0) is 5.41 Å². The fourth-order valence-electron chi connectivity index (χ4n) is 2.77. The lowest BCUT2D eigenvalue weighted by Crippen LogP contribution is -2.65. The molecule has 1 aromatic rings. The molecule has 0 saturated carbocycles. The van der Waals surface area contributed by atoms with Gasteiger partial charge < -0.3 is 0 Å². The van der Waals surface area contributed by atoms with Crippen LogP contribution >= 0.6 is 31.9 Å². The molecule has 0 spiro atoms. The number of allylic oxidation sites excluding steroid dienone is 4. The molecule has 0 heterocycles. The van der Waals surface area contributed by atoms with E-state index in [0.29, 0.717) is 24.3 Å². The predicted octanol–water partition coefficient (Wildman–Crippen LogP) is 6.86. The fraction of sp³-hybridized carbons (Fsp3) is 0.333. The first-order valence-corrected chi connectivity index (χ1v) is 8.16. The molecule has 0 bridgehead atoms. The molecule has 1 aliphatic carbocycles. The maximum Gasteiger partial charge on any atom is 0.433 e. The van der Waals surface area contributed by atoms with Crippen LogP contribution in [0.2, 0.25) is 0 Å². The molecule has 0 fully saturated rings. The van der Waals surface area contributed by atoms with Gasteiger partial charge in [-0.3, -0.25) is 0 Å². The smallest absolute Gasteiger partial charge is 0.222 e. The summed E-state index contributed by atoms with van der Waals surface area (Å²) in [5.74, 6) is -1.40. The van der Waals surface area contributed by atoms with E-state index < -0.39 is 34.8 Å². The van der Waals surface area contributed by atoms with E-state index in [1.54, 1.807) is 0 Å². The lowest BCUT2D eigenvalue weighted by atomic mass is 9.65. The van der Waals surface area contributed by atoms with Gasteiger partial charge in [-0.15, -0.1) is 0 Å². The highest BCUT2D eigenvalue weighted by molar-refractivity contribution is 9.12. The third-order valence-corrected chi connectivity index (χ3v) is 4.80. The molecule has 0 amide bonds. The number of rotatable bonds is 2. The molecule has 2 rings (SSSR count). The summed E-state index contributed by atoms with van der Waals surface area (Å²) in [6.45, 7) is 0. The quantitative estimate of drug-likeness (QED) is 0.390. The van der Waals surface area contributed by atoms with Gasteiger partial charge >= 0.3 is 18.0 Å². The van der Waals surface area contributed by atoms with Gasteiger partial charge in [0.1, 0.15) is 5.82 Å². The van der Waals surface area contributed by atoms with E-state index in [1.165, 1.54) is 0 Å². The average Bonchev–Trinajstić information content (AvgIpc) is 2.43. The highest BCUT2D eigenvalue weighted by Gasteiger charge is 2.81. The monoisotopic (exact) mass is 498 g/mol. The van der Waals surface area contributed by atoms with Crippen molar-refractivity contribution in [2.24, 2.45) is 0 Å². The van der Waals surface area contributed by atoms with Gasteiger partial charge in [-0.25, -0.2) is 8.78 Å². The van der Waals surface area contributed by atoms with Crippen molar-refractivity contribution in [2.45, 2.75) is 29.9 Å². The molecule has 25 heavy (non-hydrogen) atoms. The van der Waals surface area contributed by atoms with E-state index in [9.17, 15) is 30.7 Å². The third kappa shape index (κ3) is 3.15. The second kappa shape index (κ2) is 6.37. The summed E-state index contributed by atoms with van der Waals surface area (Å²) in [5.41, 5.74) is -10.3. The molecule has 0 saturated heterocycles. The summed E-state index contributed by atoms with van der Waals surface area (Å²) in [4.78, 5) is 0. The number of benzene rings is 1. The summed E-state index contributed by atoms with van der Waals surface area (Å²) in [5, 5.41) is 0. The molecule has 0 nitrogen and oxygen atoms in total. The number of halogens is 10. The largest absolute Gasteiger partial charge is 0.433 e. The summed E-state index contributed by atoms with van der Waals surface area (Å²) >= 11 is 5.64. The van der Waals surface area contributed by atoms with Gasteiger partial charge in [-0.2, -0.15) is 26.3 Å². The Balaban J connectivity index is 3.00. The molecule has 0 aliphatic heterocycles. The molecular weight excluding hydrogens is 492 g/mol. The zero-order valence-corrected chi connectivity index (χ0v) is 15.1. The Morgan fingerprint density at radius 3 is 1.64 bits per heavy atom. The van der Waals surface area contributed by atoms with Crippen LogP contribution in [-0.4, -0.2) is 18.0 Å². The molecule has 10 heteroatoms. The Morgan fingerprint density at radius 1 is 0.800 bits per heavy atom. The van der Waals surface area contributed by atoms with Crippen molar-refractivity contribution in [1.29, 1.82) is 0 Å². The number of alkyl halides is 7. The van der Waals surface area contributed by atoms with Crippen molar-refractivity contribution in [3.63, 3.8) is 0 Å². The minimum Gasteiger partial charge on any atom is -0.222 e. The van der Waals surface area contributed by atoms with Crippen LogP contribution in [0.25, 0.3) is 0 Å². The van der Waals surface area contributed by atoms with Gasteiger partial charge in [0.15, 0.2) is 0 Å². The lowest BCUT2D eigenvalue weighted by Gasteiger charge is -2.45. The van der Waals surface area contributed by atoms with Crippen molar-refractivity contribution >= 4 is 31.9 Å². The Bertz CT molecular complexity index is 698. The SMILES string of the molecule is Fc1ccccc1C1(C(F)(C(F)(F)F)C(F)(F)F)C=C(Br)CC(Br)=C1. The average molecular weight is 500 g/mol. The summed E-state index contributed by atoms with van der Waals surface area (Å²) < 4.78 is 109. The van der Waals surface area contributed by atoms with Gasteiger partial charge in [-0.1, -0.05) is 62.2 Å². The zero-order valence-electron chi connectivity index (χ0n) is 12.0. The second-order valence-electron chi connectivity index (χ2n) is 5.36. The molecule has 0 radical (unpaired) electrons. The first-order chi connectivity index (χ1) is 11.3. The summed E-state index contributed by atoms with van der Waals surface area (Å²) in [7, 11) is 0. The van der Waals surface area contributed by atoms with Crippen LogP contribution in [0.4, 0.5) is 35.1 Å². The van der Waals surface area contributed by atoms with Gasteiger partial charge in [0.25, 0.3) is 0 Å². The minimum absolute atomic E-state index is 0.0952. The topological polar surface area (TPSA) is 0 Å². The van der Waals surface area contributed by atoms with E-state index in [0.717, 1.165) is 12.1 Å². The van der Waals surface area contributed by atoms with Crippen molar-refractivity contribution in [3.05, 3.63) is 56.8 Å². The van der Waals surface area contributed by atoms with Crippen LogP contribution in [0.3, 0.4) is 0 Å². The number of hydrogen-bond acceptors (Lipinski definition) is 0. The highest BCUT2D eigenvalue weighted by Crippen LogP contribution is 2.60. The fourth-order valence-corrected chi connectivity index (χ4v) is 4.47. The Kier molecular flexibility index (Phi) is 5.20. The lowest BCUT2D eigenvalue weighted by molar-refractivity contribution is -0.354. The van der Waals surface area contributed by atoms with E-state index in [2.05, 4.69) is 31.9 Å². The van der Waals surface area contributed by atoms with Crippen LogP contribution < -0.4 is 0 Å². The standard InChI is InChI=1S/C15H8Br2F8/c16-8-5-9(17)7-12(6-8,10-3-1-2-4-11(10)18)13(19,14(20,21)22)15(23,24)25/h1-4,6-7H,5H2. The minimum atomic E-state index is -6.36. The number of hydrogen-bond donors (Lipinski definition) is 0. The molecule has 0 aromatic heterocycles. The molecule has 0 unspecified atom stereocenters. The van der Waals surface area contributed by atoms with Crippen molar-refractivity contribution in [2.75, 3.05) is 0 Å². The highest BCUT2D eigenvalue weighted by atomic mass is 79.9. The molecule has 1 aliphatic rings. The first kappa shape index (κ1) is 20.4. The van der Waals surface area contributed by atoms with Crippen molar-refractivity contribution in [1.82, 2.24) is 0 Å². The van der Waals surface area contributed by atoms with Crippen LogP contribution in [0, 0.1) is 5.82 Å². The van der Waals surface area contributed by atoms with E-state index >= 15 is 4.39 Å². The maximum absolute atomic E-state index is 15.0. The molecular formula is C15H8Br2F8. The summed E-state index contributed by atoms with van der Waals surface area (Å²) in [6.07, 6.45) is -12.0. The molecule has 138 valence electrons. The van der Waals surface area contributed by atoms with Gasteiger partial charge in [0.2, 0.25) is 0 Å². The van der Waals surface area contributed by atoms with E-state index in [4.69, 9.17) is 0 Å². The first-order valence-electron chi connectivity index (χ1n) is 6.58. The van der Waals surface area contributed by atoms with Gasteiger partial charge in [-0.05, 0) is 15.0 Å². The van der Waals surface area contributed by atoms with Gasteiger partial charge in [0, 0.05) is 12.0 Å². The predicted molar refractivity (Wildman–Crippen MR) is 82.7 cm³/mol.